The summed E-state index contributed by atoms with van der Waals surface area (Å²) in [6.45, 7) is 2.52. The second kappa shape index (κ2) is 7.73. The van der Waals surface area contributed by atoms with E-state index >= 15 is 0 Å². The van der Waals surface area contributed by atoms with Crippen LogP contribution in [0, 0.1) is 5.92 Å². The number of hydrogen-bond donors (Lipinski definition) is 1. The van der Waals surface area contributed by atoms with Gasteiger partial charge in [0, 0.05) is 19.0 Å². The molecule has 7 nitrogen and oxygen atoms in total. The summed E-state index contributed by atoms with van der Waals surface area (Å²) in [5.41, 5.74) is 0.715. The van der Waals surface area contributed by atoms with E-state index in [4.69, 9.17) is 4.74 Å². The second-order valence-electron chi connectivity index (χ2n) is 7.83. The molecular formula is C21H25N3O4. The standard InChI is InChI=1S/C21H25N3O4/c1-13-5-2-3-6-16(13)23-19(25)12-28-21(27)14-8-9-15-17(11-14)22-18-7-4-10-24(18)20(15)26/h8-9,11,13,16H,2-7,10,12H2,1H3,(H,23,25)/t13-,16-/m0/s1. The maximum absolute atomic E-state index is 12.5. The van der Waals surface area contributed by atoms with E-state index in [0.29, 0.717) is 28.9 Å². The highest BCUT2D eigenvalue weighted by atomic mass is 16.5. The molecule has 2 aromatic rings. The monoisotopic (exact) mass is 383 g/mol. The molecule has 1 aliphatic carbocycles. The first kappa shape index (κ1) is 18.7. The molecule has 0 saturated heterocycles. The largest absolute Gasteiger partial charge is 0.452 e. The summed E-state index contributed by atoms with van der Waals surface area (Å²) in [7, 11) is 0. The second-order valence-corrected chi connectivity index (χ2v) is 7.83. The zero-order valence-corrected chi connectivity index (χ0v) is 16.1. The van der Waals surface area contributed by atoms with Crippen molar-refractivity contribution in [1.29, 1.82) is 0 Å². The van der Waals surface area contributed by atoms with Gasteiger partial charge in [-0.1, -0.05) is 19.8 Å². The molecule has 1 aliphatic heterocycles. The topological polar surface area (TPSA) is 90.3 Å². The number of aryl methyl sites for hydroxylation is 1. The predicted octanol–water partition coefficient (Wildman–Crippen LogP) is 2.19. The zero-order valence-electron chi connectivity index (χ0n) is 16.1. The summed E-state index contributed by atoms with van der Waals surface area (Å²) < 4.78 is 6.87. The normalized spacial score (nSPS) is 21.3. The molecule has 1 aromatic heterocycles. The molecule has 0 unspecified atom stereocenters. The van der Waals surface area contributed by atoms with Crippen molar-refractivity contribution in [2.45, 2.75) is 58.0 Å². The van der Waals surface area contributed by atoms with Crippen LogP contribution < -0.4 is 10.9 Å². The Morgan fingerprint density at radius 1 is 1.25 bits per heavy atom. The lowest BCUT2D eigenvalue weighted by Crippen LogP contribution is -2.42. The molecule has 1 N–H and O–H groups in total. The van der Waals surface area contributed by atoms with E-state index in [0.717, 1.165) is 37.9 Å². The van der Waals surface area contributed by atoms with Crippen LogP contribution >= 0.6 is 0 Å². The molecule has 2 heterocycles. The number of nitrogens with one attached hydrogen (secondary N) is 1. The molecule has 1 aromatic carbocycles. The van der Waals surface area contributed by atoms with Crippen LogP contribution in [0.4, 0.5) is 0 Å². The highest BCUT2D eigenvalue weighted by Crippen LogP contribution is 2.23. The lowest BCUT2D eigenvalue weighted by atomic mass is 9.86. The van der Waals surface area contributed by atoms with Crippen LogP contribution in [0.15, 0.2) is 23.0 Å². The van der Waals surface area contributed by atoms with Gasteiger partial charge in [0.2, 0.25) is 0 Å². The maximum atomic E-state index is 12.5. The van der Waals surface area contributed by atoms with Crippen molar-refractivity contribution >= 4 is 22.8 Å². The van der Waals surface area contributed by atoms with Crippen LogP contribution in [-0.4, -0.2) is 34.1 Å². The lowest BCUT2D eigenvalue weighted by molar-refractivity contribution is -0.125. The fourth-order valence-electron chi connectivity index (χ4n) is 4.20. The number of carbonyl (C=O) groups excluding carboxylic acids is 2. The van der Waals surface area contributed by atoms with Crippen molar-refractivity contribution in [2.24, 2.45) is 5.92 Å². The van der Waals surface area contributed by atoms with Gasteiger partial charge < -0.3 is 10.1 Å². The quantitative estimate of drug-likeness (QED) is 0.818. The van der Waals surface area contributed by atoms with Gasteiger partial charge in [-0.05, 0) is 43.4 Å². The van der Waals surface area contributed by atoms with Crippen LogP contribution in [0.25, 0.3) is 10.9 Å². The van der Waals surface area contributed by atoms with Gasteiger partial charge >= 0.3 is 5.97 Å². The van der Waals surface area contributed by atoms with Crippen molar-refractivity contribution in [3.63, 3.8) is 0 Å². The summed E-state index contributed by atoms with van der Waals surface area (Å²) in [6, 6.07) is 4.88. The summed E-state index contributed by atoms with van der Waals surface area (Å²) in [5.74, 6) is 0.336. The summed E-state index contributed by atoms with van der Waals surface area (Å²) in [5, 5.41) is 3.46. The third-order valence-electron chi connectivity index (χ3n) is 5.84. The Morgan fingerprint density at radius 2 is 2.07 bits per heavy atom. The van der Waals surface area contributed by atoms with Gasteiger partial charge in [-0.25, -0.2) is 9.78 Å². The molecule has 1 fully saturated rings. The number of rotatable bonds is 4. The highest BCUT2D eigenvalue weighted by molar-refractivity contribution is 5.95. The number of fused-ring (bicyclic) bond motifs is 2. The van der Waals surface area contributed by atoms with Crippen LogP contribution in [0.3, 0.4) is 0 Å². The number of aromatic nitrogens is 2. The first-order valence-corrected chi connectivity index (χ1v) is 10.0. The SMILES string of the molecule is C[C@H]1CCCC[C@@H]1NC(=O)COC(=O)c1ccc2c(=O)n3c(nc2c1)CCC3. The van der Waals surface area contributed by atoms with Gasteiger partial charge in [0.15, 0.2) is 6.61 Å². The summed E-state index contributed by atoms with van der Waals surface area (Å²) in [4.78, 5) is 41.5. The number of hydrogen-bond acceptors (Lipinski definition) is 5. The van der Waals surface area contributed by atoms with Gasteiger partial charge in [-0.2, -0.15) is 0 Å². The smallest absolute Gasteiger partial charge is 0.338 e. The number of amides is 1. The molecule has 1 saturated carbocycles. The molecule has 2 aliphatic rings. The van der Waals surface area contributed by atoms with Crippen molar-refractivity contribution in [1.82, 2.24) is 14.9 Å². The van der Waals surface area contributed by atoms with Crippen molar-refractivity contribution < 1.29 is 14.3 Å². The van der Waals surface area contributed by atoms with Gasteiger partial charge in [0.25, 0.3) is 11.5 Å². The number of esters is 1. The minimum absolute atomic E-state index is 0.0709. The minimum Gasteiger partial charge on any atom is -0.452 e. The first-order chi connectivity index (χ1) is 13.5. The number of nitrogens with zero attached hydrogens (tertiary/aromatic N) is 2. The fourth-order valence-corrected chi connectivity index (χ4v) is 4.20. The number of ether oxygens (including phenoxy) is 1. The lowest BCUT2D eigenvalue weighted by Gasteiger charge is -2.29. The highest BCUT2D eigenvalue weighted by Gasteiger charge is 2.23. The number of carbonyl (C=O) groups is 2. The molecule has 7 heteroatoms. The summed E-state index contributed by atoms with van der Waals surface area (Å²) in [6.07, 6.45) is 6.06. The van der Waals surface area contributed by atoms with Crippen molar-refractivity contribution in [2.75, 3.05) is 6.61 Å². The third-order valence-corrected chi connectivity index (χ3v) is 5.84. The molecule has 0 spiro atoms. The maximum Gasteiger partial charge on any atom is 0.338 e. The number of benzene rings is 1. The average Bonchev–Trinajstić information content (AvgIpc) is 3.16. The molecule has 4 rings (SSSR count). The van der Waals surface area contributed by atoms with Crippen molar-refractivity contribution in [3.8, 4) is 0 Å². The van der Waals surface area contributed by atoms with E-state index in [-0.39, 0.29) is 24.1 Å². The fraction of sp³-hybridized carbons (Fsp3) is 0.524. The van der Waals surface area contributed by atoms with Crippen LogP contribution in [0.2, 0.25) is 0 Å². The minimum atomic E-state index is -0.587. The predicted molar refractivity (Wildman–Crippen MR) is 104 cm³/mol. The van der Waals surface area contributed by atoms with Crippen LogP contribution in [0.5, 0.6) is 0 Å². The van der Waals surface area contributed by atoms with E-state index < -0.39 is 5.97 Å². The van der Waals surface area contributed by atoms with Crippen LogP contribution in [0.1, 0.15) is 55.2 Å². The molecule has 148 valence electrons. The molecule has 1 amide bonds. The molecule has 0 bridgehead atoms. The van der Waals surface area contributed by atoms with Crippen molar-refractivity contribution in [3.05, 3.63) is 39.9 Å². The molecule has 28 heavy (non-hydrogen) atoms. The van der Waals surface area contributed by atoms with E-state index in [1.165, 1.54) is 6.42 Å². The van der Waals surface area contributed by atoms with Gasteiger partial charge in [-0.15, -0.1) is 0 Å². The molecule has 2 atom stereocenters. The van der Waals surface area contributed by atoms with Gasteiger partial charge in [0.1, 0.15) is 5.82 Å². The Bertz CT molecular complexity index is 982. The van der Waals surface area contributed by atoms with Gasteiger partial charge in [-0.3, -0.25) is 14.2 Å². The van der Waals surface area contributed by atoms with Crippen LogP contribution in [-0.2, 0) is 22.5 Å². The Kier molecular flexibility index (Phi) is 5.15. The van der Waals surface area contributed by atoms with E-state index in [1.54, 1.807) is 22.8 Å². The Morgan fingerprint density at radius 3 is 2.89 bits per heavy atom. The first-order valence-electron chi connectivity index (χ1n) is 10.0. The Balaban J connectivity index is 1.42. The third kappa shape index (κ3) is 3.66. The zero-order chi connectivity index (χ0) is 19.7. The Labute approximate surface area is 163 Å². The molecule has 0 radical (unpaired) electrons. The van der Waals surface area contributed by atoms with E-state index in [2.05, 4.69) is 17.2 Å². The Hall–Kier alpha value is -2.70. The van der Waals surface area contributed by atoms with Gasteiger partial charge in [0.05, 0.1) is 16.5 Å². The average molecular weight is 383 g/mol. The molecular weight excluding hydrogens is 358 g/mol. The van der Waals surface area contributed by atoms with E-state index in [9.17, 15) is 14.4 Å². The summed E-state index contributed by atoms with van der Waals surface area (Å²) >= 11 is 0. The van der Waals surface area contributed by atoms with E-state index in [1.807, 2.05) is 0 Å².